The van der Waals surface area contributed by atoms with Gasteiger partial charge in [-0.05, 0) is 98.2 Å². The first-order valence-corrected chi connectivity index (χ1v) is 12.7. The average molecular weight is 387 g/mol. The second-order valence-corrected chi connectivity index (χ2v) is 11.7. The predicted octanol–water partition coefficient (Wildman–Crippen LogP) is 7.65. The minimum atomic E-state index is 0.481. The summed E-state index contributed by atoms with van der Waals surface area (Å²) in [4.78, 5) is 0. The molecule has 0 amide bonds. The zero-order valence-corrected chi connectivity index (χ0v) is 19.4. The van der Waals surface area contributed by atoms with Gasteiger partial charge in [-0.2, -0.15) is 0 Å². The molecule has 4 aliphatic carbocycles. The summed E-state index contributed by atoms with van der Waals surface area (Å²) in [6.45, 7) is 9.97. The van der Waals surface area contributed by atoms with Crippen LogP contribution in [0, 0.1) is 46.8 Å². The maximum Gasteiger partial charge on any atom is 0.0608 e. The molecule has 0 aromatic heterocycles. The number of hydrogen-bond acceptors (Lipinski definition) is 1. The van der Waals surface area contributed by atoms with Crippen molar-refractivity contribution in [2.45, 2.75) is 104 Å². The molecule has 4 rings (SSSR count). The van der Waals surface area contributed by atoms with Crippen molar-refractivity contribution in [3.63, 3.8) is 0 Å². The minimum absolute atomic E-state index is 0.481. The minimum Gasteiger partial charge on any atom is -0.381 e. The molecule has 8 atom stereocenters. The Morgan fingerprint density at radius 3 is 2.54 bits per heavy atom. The van der Waals surface area contributed by atoms with Crippen LogP contribution < -0.4 is 0 Å². The number of ether oxygens (including phenoxy) is 1. The maximum atomic E-state index is 5.74. The lowest BCUT2D eigenvalue weighted by molar-refractivity contribution is -0.0226. The van der Waals surface area contributed by atoms with Crippen molar-refractivity contribution in [1.82, 2.24) is 0 Å². The van der Waals surface area contributed by atoms with Crippen molar-refractivity contribution in [1.29, 1.82) is 0 Å². The Morgan fingerprint density at radius 1 is 1.00 bits per heavy atom. The maximum absolute atomic E-state index is 5.74. The van der Waals surface area contributed by atoms with Gasteiger partial charge in [0, 0.05) is 7.11 Å². The molecule has 0 aromatic carbocycles. The van der Waals surface area contributed by atoms with Gasteiger partial charge in [-0.25, -0.2) is 0 Å². The molecule has 0 bridgehead atoms. The molecular weight excluding hydrogens is 340 g/mol. The van der Waals surface area contributed by atoms with E-state index in [1.54, 1.807) is 5.57 Å². The topological polar surface area (TPSA) is 9.23 Å². The van der Waals surface area contributed by atoms with E-state index < -0.39 is 0 Å². The summed E-state index contributed by atoms with van der Waals surface area (Å²) in [5.41, 5.74) is 2.26. The van der Waals surface area contributed by atoms with Crippen molar-refractivity contribution < 1.29 is 4.74 Å². The Morgan fingerprint density at radius 2 is 1.79 bits per heavy atom. The zero-order valence-electron chi connectivity index (χ0n) is 19.4. The molecule has 4 aliphatic rings. The lowest BCUT2D eigenvalue weighted by Gasteiger charge is -2.55. The Hall–Kier alpha value is -0.300. The van der Waals surface area contributed by atoms with E-state index in [1.807, 2.05) is 7.11 Å². The largest absolute Gasteiger partial charge is 0.381 e. The first kappa shape index (κ1) is 21.0. The molecule has 0 N–H and O–H groups in total. The third-order valence-electron chi connectivity index (χ3n) is 9.94. The molecule has 3 fully saturated rings. The molecule has 4 unspecified atom stereocenters. The highest BCUT2D eigenvalue weighted by Crippen LogP contribution is 2.63. The first-order chi connectivity index (χ1) is 13.4. The van der Waals surface area contributed by atoms with Gasteiger partial charge in [0.2, 0.25) is 0 Å². The van der Waals surface area contributed by atoms with E-state index in [0.717, 1.165) is 41.4 Å². The van der Waals surface area contributed by atoms with Crippen LogP contribution in [0.2, 0.25) is 0 Å². The third kappa shape index (κ3) is 3.75. The molecule has 0 radical (unpaired) electrons. The second kappa shape index (κ2) is 8.44. The van der Waals surface area contributed by atoms with Crippen LogP contribution in [0.1, 0.15) is 98.3 Å². The number of methoxy groups -OCH3 is 1. The first-order valence-electron chi connectivity index (χ1n) is 12.7. The van der Waals surface area contributed by atoms with Gasteiger partial charge in [0.05, 0.1) is 6.10 Å². The summed E-state index contributed by atoms with van der Waals surface area (Å²) in [6, 6.07) is 0. The Labute approximate surface area is 175 Å². The van der Waals surface area contributed by atoms with Crippen molar-refractivity contribution >= 4 is 0 Å². The van der Waals surface area contributed by atoms with Gasteiger partial charge >= 0.3 is 0 Å². The summed E-state index contributed by atoms with van der Waals surface area (Å²) in [5.74, 6) is 6.88. The summed E-state index contributed by atoms with van der Waals surface area (Å²) in [7, 11) is 1.91. The number of hydrogen-bond donors (Lipinski definition) is 0. The van der Waals surface area contributed by atoms with Gasteiger partial charge in [-0.3, -0.25) is 0 Å². The number of allylic oxidation sites excluding steroid dienone is 1. The highest BCUT2D eigenvalue weighted by Gasteiger charge is 2.54. The molecule has 0 heterocycles. The van der Waals surface area contributed by atoms with E-state index in [1.165, 1.54) is 70.6 Å². The van der Waals surface area contributed by atoms with Crippen LogP contribution in [0.25, 0.3) is 0 Å². The van der Waals surface area contributed by atoms with Gasteiger partial charge in [0.15, 0.2) is 0 Å². The van der Waals surface area contributed by atoms with Crippen molar-refractivity contribution in [3.8, 4) is 0 Å². The van der Waals surface area contributed by atoms with E-state index in [-0.39, 0.29) is 0 Å². The highest BCUT2D eigenvalue weighted by molar-refractivity contribution is 5.24. The van der Waals surface area contributed by atoms with E-state index in [4.69, 9.17) is 4.74 Å². The van der Waals surface area contributed by atoms with Crippen molar-refractivity contribution in [3.05, 3.63) is 11.6 Å². The third-order valence-corrected chi connectivity index (χ3v) is 9.94. The molecule has 1 nitrogen and oxygen atoms in total. The number of rotatable bonds is 6. The van der Waals surface area contributed by atoms with Crippen molar-refractivity contribution in [2.75, 3.05) is 7.11 Å². The standard InChI is InChI=1S/C27H46O/c1-18(2)7-6-8-19(3)22-11-12-24-23(22)13-14-26-25(24)10-9-20-17-21(28-5)15-16-27(20,26)4/h9,18-19,21-26H,6-8,10-17H2,1-5H3/t19-,21-,22?,23?,24?,25-,26?,27-/m0/s1. The van der Waals surface area contributed by atoms with E-state index in [9.17, 15) is 0 Å². The van der Waals surface area contributed by atoms with Gasteiger partial charge in [0.25, 0.3) is 0 Å². The second-order valence-electron chi connectivity index (χ2n) is 11.7. The van der Waals surface area contributed by atoms with E-state index in [2.05, 4.69) is 33.8 Å². The predicted molar refractivity (Wildman–Crippen MR) is 119 cm³/mol. The summed E-state index contributed by atoms with van der Waals surface area (Å²) in [5, 5.41) is 0. The molecular formula is C27H46O. The SMILES string of the molecule is CO[C@H]1CC[C@@]2(C)C(=CC[C@H]3C4CCC([C@@H](C)CCCC(C)C)C4CCC32)C1. The molecule has 160 valence electrons. The lowest BCUT2D eigenvalue weighted by Crippen LogP contribution is -2.47. The fourth-order valence-electron chi connectivity index (χ4n) is 8.29. The van der Waals surface area contributed by atoms with Crippen LogP contribution in [0.15, 0.2) is 11.6 Å². The van der Waals surface area contributed by atoms with Gasteiger partial charge < -0.3 is 4.74 Å². The zero-order chi connectivity index (χ0) is 19.9. The van der Waals surface area contributed by atoms with E-state index >= 15 is 0 Å². The Balaban J connectivity index is 1.43. The van der Waals surface area contributed by atoms with Gasteiger partial charge in [0.1, 0.15) is 0 Å². The Kier molecular flexibility index (Phi) is 6.32. The lowest BCUT2D eigenvalue weighted by atomic mass is 9.50. The fraction of sp³-hybridized carbons (Fsp3) is 0.926. The molecule has 28 heavy (non-hydrogen) atoms. The molecule has 0 aromatic rings. The molecule has 3 saturated carbocycles. The summed E-state index contributed by atoms with van der Waals surface area (Å²) in [6.07, 6.45) is 18.8. The smallest absolute Gasteiger partial charge is 0.0608 e. The Bertz CT molecular complexity index is 563. The summed E-state index contributed by atoms with van der Waals surface area (Å²) < 4.78 is 5.74. The van der Waals surface area contributed by atoms with Crippen LogP contribution >= 0.6 is 0 Å². The molecule has 0 spiro atoms. The molecule has 1 heteroatoms. The van der Waals surface area contributed by atoms with Gasteiger partial charge in [-0.1, -0.05) is 58.6 Å². The van der Waals surface area contributed by atoms with Crippen molar-refractivity contribution in [2.24, 2.45) is 46.8 Å². The molecule has 0 aliphatic heterocycles. The van der Waals surface area contributed by atoms with Crippen LogP contribution in [-0.2, 0) is 4.74 Å². The van der Waals surface area contributed by atoms with Crippen LogP contribution in [0.4, 0.5) is 0 Å². The fourth-order valence-corrected chi connectivity index (χ4v) is 8.29. The monoisotopic (exact) mass is 386 g/mol. The summed E-state index contributed by atoms with van der Waals surface area (Å²) >= 11 is 0. The van der Waals surface area contributed by atoms with Gasteiger partial charge in [-0.15, -0.1) is 0 Å². The highest BCUT2D eigenvalue weighted by atomic mass is 16.5. The number of fused-ring (bicyclic) bond motifs is 5. The normalized spacial score (nSPS) is 43.9. The van der Waals surface area contributed by atoms with E-state index in [0.29, 0.717) is 11.5 Å². The quantitative estimate of drug-likeness (QED) is 0.426. The van der Waals surface area contributed by atoms with Crippen LogP contribution in [0.3, 0.4) is 0 Å². The van der Waals surface area contributed by atoms with Crippen LogP contribution in [-0.4, -0.2) is 13.2 Å². The average Bonchev–Trinajstić information content (AvgIpc) is 3.11. The van der Waals surface area contributed by atoms with Crippen LogP contribution in [0.5, 0.6) is 0 Å². The molecule has 0 saturated heterocycles.